The molecule has 1 heterocycles. The van der Waals surface area contributed by atoms with E-state index < -0.39 is 0 Å². The SMILES string of the molecule is Cc1cccc(CN2CCCN(C(=O)CN)CC2)c1. The van der Waals surface area contributed by atoms with Crippen molar-refractivity contribution in [3.63, 3.8) is 0 Å². The third kappa shape index (κ3) is 4.04. The number of amides is 1. The van der Waals surface area contributed by atoms with Crippen molar-refractivity contribution in [2.24, 2.45) is 5.73 Å². The van der Waals surface area contributed by atoms with Gasteiger partial charge in [0.25, 0.3) is 0 Å². The van der Waals surface area contributed by atoms with Crippen LogP contribution < -0.4 is 5.73 Å². The minimum atomic E-state index is 0.0670. The molecule has 1 aromatic rings. The number of nitrogens with two attached hydrogens (primary N) is 1. The van der Waals surface area contributed by atoms with Crippen molar-refractivity contribution < 1.29 is 4.79 Å². The van der Waals surface area contributed by atoms with Crippen LogP contribution in [0, 0.1) is 6.92 Å². The Kier molecular flexibility index (Phi) is 4.93. The van der Waals surface area contributed by atoms with Crippen LogP contribution in [0.1, 0.15) is 17.5 Å². The summed E-state index contributed by atoms with van der Waals surface area (Å²) in [5.74, 6) is 0.0670. The molecule has 19 heavy (non-hydrogen) atoms. The van der Waals surface area contributed by atoms with E-state index in [1.54, 1.807) is 0 Å². The van der Waals surface area contributed by atoms with E-state index in [0.717, 1.165) is 39.1 Å². The third-order valence-electron chi connectivity index (χ3n) is 3.60. The zero-order chi connectivity index (χ0) is 13.7. The molecule has 0 aliphatic carbocycles. The molecule has 0 saturated carbocycles. The van der Waals surface area contributed by atoms with E-state index in [1.165, 1.54) is 11.1 Å². The third-order valence-corrected chi connectivity index (χ3v) is 3.60. The van der Waals surface area contributed by atoms with Crippen LogP contribution in [0.4, 0.5) is 0 Å². The fourth-order valence-corrected chi connectivity index (χ4v) is 2.58. The van der Waals surface area contributed by atoms with Crippen LogP contribution in [0.2, 0.25) is 0 Å². The average molecular weight is 261 g/mol. The number of hydrogen-bond acceptors (Lipinski definition) is 3. The summed E-state index contributed by atoms with van der Waals surface area (Å²) in [6.45, 7) is 6.81. The van der Waals surface area contributed by atoms with Crippen LogP contribution >= 0.6 is 0 Å². The van der Waals surface area contributed by atoms with Gasteiger partial charge in [0, 0.05) is 32.7 Å². The molecule has 1 aromatic carbocycles. The van der Waals surface area contributed by atoms with Crippen LogP contribution in [0.25, 0.3) is 0 Å². The summed E-state index contributed by atoms with van der Waals surface area (Å²) in [6, 6.07) is 8.62. The van der Waals surface area contributed by atoms with E-state index in [0.29, 0.717) is 0 Å². The first-order chi connectivity index (χ1) is 9.19. The smallest absolute Gasteiger partial charge is 0.236 e. The molecule has 1 saturated heterocycles. The lowest BCUT2D eigenvalue weighted by Crippen LogP contribution is -2.38. The van der Waals surface area contributed by atoms with Gasteiger partial charge in [-0.1, -0.05) is 29.8 Å². The Morgan fingerprint density at radius 1 is 1.26 bits per heavy atom. The molecular weight excluding hydrogens is 238 g/mol. The van der Waals surface area contributed by atoms with Crippen molar-refractivity contribution in [3.8, 4) is 0 Å². The maximum atomic E-state index is 11.6. The number of nitrogens with zero attached hydrogens (tertiary/aromatic N) is 2. The minimum Gasteiger partial charge on any atom is -0.340 e. The van der Waals surface area contributed by atoms with Crippen molar-refractivity contribution >= 4 is 5.91 Å². The second-order valence-electron chi connectivity index (χ2n) is 5.20. The Labute approximate surface area is 115 Å². The molecule has 1 aliphatic rings. The van der Waals surface area contributed by atoms with Crippen molar-refractivity contribution in [3.05, 3.63) is 35.4 Å². The molecule has 0 aromatic heterocycles. The van der Waals surface area contributed by atoms with Gasteiger partial charge in [0.1, 0.15) is 0 Å². The second-order valence-corrected chi connectivity index (χ2v) is 5.20. The maximum Gasteiger partial charge on any atom is 0.236 e. The molecule has 2 rings (SSSR count). The summed E-state index contributed by atoms with van der Waals surface area (Å²) >= 11 is 0. The molecule has 0 spiro atoms. The lowest BCUT2D eigenvalue weighted by atomic mass is 10.1. The first-order valence-electron chi connectivity index (χ1n) is 6.95. The van der Waals surface area contributed by atoms with Crippen LogP contribution in [-0.4, -0.2) is 48.4 Å². The first kappa shape index (κ1) is 14.0. The van der Waals surface area contributed by atoms with Gasteiger partial charge in [0.05, 0.1) is 6.54 Å². The minimum absolute atomic E-state index is 0.0670. The van der Waals surface area contributed by atoms with E-state index in [2.05, 4.69) is 36.1 Å². The Morgan fingerprint density at radius 3 is 2.84 bits per heavy atom. The number of carbonyl (C=O) groups excluding carboxylic acids is 1. The van der Waals surface area contributed by atoms with Crippen LogP contribution in [0.15, 0.2) is 24.3 Å². The summed E-state index contributed by atoms with van der Waals surface area (Å²) in [4.78, 5) is 15.9. The Bertz CT molecular complexity index is 433. The van der Waals surface area contributed by atoms with E-state index in [1.807, 2.05) is 4.90 Å². The molecule has 1 amide bonds. The van der Waals surface area contributed by atoms with Gasteiger partial charge in [-0.15, -0.1) is 0 Å². The second kappa shape index (κ2) is 6.68. The summed E-state index contributed by atoms with van der Waals surface area (Å²) in [6.07, 6.45) is 1.03. The number of carbonyl (C=O) groups is 1. The van der Waals surface area contributed by atoms with E-state index in [9.17, 15) is 4.79 Å². The summed E-state index contributed by atoms with van der Waals surface area (Å²) in [5.41, 5.74) is 8.07. The van der Waals surface area contributed by atoms with Crippen molar-refractivity contribution in [1.82, 2.24) is 9.80 Å². The van der Waals surface area contributed by atoms with Gasteiger partial charge in [-0.05, 0) is 18.9 Å². The molecule has 1 aliphatic heterocycles. The van der Waals surface area contributed by atoms with Crippen molar-refractivity contribution in [2.75, 3.05) is 32.7 Å². The van der Waals surface area contributed by atoms with Crippen molar-refractivity contribution in [2.45, 2.75) is 19.9 Å². The van der Waals surface area contributed by atoms with Gasteiger partial charge in [0.15, 0.2) is 0 Å². The van der Waals surface area contributed by atoms with Gasteiger partial charge in [-0.25, -0.2) is 0 Å². The topological polar surface area (TPSA) is 49.6 Å². The monoisotopic (exact) mass is 261 g/mol. The molecule has 1 fully saturated rings. The van der Waals surface area contributed by atoms with Crippen LogP contribution in [0.3, 0.4) is 0 Å². The highest BCUT2D eigenvalue weighted by Gasteiger charge is 2.17. The molecule has 0 bridgehead atoms. The highest BCUT2D eigenvalue weighted by atomic mass is 16.2. The van der Waals surface area contributed by atoms with Gasteiger partial charge < -0.3 is 10.6 Å². The van der Waals surface area contributed by atoms with Gasteiger partial charge >= 0.3 is 0 Å². The van der Waals surface area contributed by atoms with Crippen LogP contribution in [0.5, 0.6) is 0 Å². The standard InChI is InChI=1S/C15H23N3O/c1-13-4-2-5-14(10-13)12-17-6-3-7-18(9-8-17)15(19)11-16/h2,4-5,10H,3,6-9,11-12,16H2,1H3. The maximum absolute atomic E-state index is 11.6. The molecule has 2 N–H and O–H groups in total. The highest BCUT2D eigenvalue weighted by Crippen LogP contribution is 2.10. The summed E-state index contributed by atoms with van der Waals surface area (Å²) < 4.78 is 0. The summed E-state index contributed by atoms with van der Waals surface area (Å²) in [5, 5.41) is 0. The molecule has 4 nitrogen and oxygen atoms in total. The van der Waals surface area contributed by atoms with Crippen molar-refractivity contribution in [1.29, 1.82) is 0 Å². The predicted octanol–water partition coefficient (Wildman–Crippen LogP) is 0.988. The van der Waals surface area contributed by atoms with Gasteiger partial charge in [-0.3, -0.25) is 9.69 Å². The molecule has 0 atom stereocenters. The van der Waals surface area contributed by atoms with Gasteiger partial charge in [0.2, 0.25) is 5.91 Å². The van der Waals surface area contributed by atoms with Gasteiger partial charge in [-0.2, -0.15) is 0 Å². The Morgan fingerprint density at radius 2 is 2.11 bits per heavy atom. The molecule has 4 heteroatoms. The molecule has 0 unspecified atom stereocenters. The fourth-order valence-electron chi connectivity index (χ4n) is 2.58. The molecule has 104 valence electrons. The zero-order valence-electron chi connectivity index (χ0n) is 11.6. The fraction of sp³-hybridized carbons (Fsp3) is 0.533. The van der Waals surface area contributed by atoms with E-state index in [-0.39, 0.29) is 12.5 Å². The largest absolute Gasteiger partial charge is 0.340 e. The normalized spacial score (nSPS) is 17.3. The quantitative estimate of drug-likeness (QED) is 0.882. The number of benzene rings is 1. The Balaban J connectivity index is 1.91. The number of aryl methyl sites for hydroxylation is 1. The number of hydrogen-bond donors (Lipinski definition) is 1. The molecular formula is C15H23N3O. The Hall–Kier alpha value is -1.39. The predicted molar refractivity (Wildman–Crippen MR) is 76.7 cm³/mol. The zero-order valence-corrected chi connectivity index (χ0v) is 11.6. The highest BCUT2D eigenvalue weighted by molar-refractivity contribution is 5.78. The van der Waals surface area contributed by atoms with Crippen LogP contribution in [-0.2, 0) is 11.3 Å². The first-order valence-corrected chi connectivity index (χ1v) is 6.95. The molecule has 0 radical (unpaired) electrons. The van der Waals surface area contributed by atoms with E-state index >= 15 is 0 Å². The summed E-state index contributed by atoms with van der Waals surface area (Å²) in [7, 11) is 0. The lowest BCUT2D eigenvalue weighted by molar-refractivity contribution is -0.129. The average Bonchev–Trinajstić information content (AvgIpc) is 2.63. The number of rotatable bonds is 3. The lowest BCUT2D eigenvalue weighted by Gasteiger charge is -2.21. The van der Waals surface area contributed by atoms with E-state index in [4.69, 9.17) is 5.73 Å².